The third kappa shape index (κ3) is 2.92. The van der Waals surface area contributed by atoms with E-state index in [1.54, 1.807) is 0 Å². The molecule has 0 spiro atoms. The second-order valence-electron chi connectivity index (χ2n) is 3.77. The number of benzene rings is 1. The van der Waals surface area contributed by atoms with Crippen molar-refractivity contribution in [2.45, 2.75) is 0 Å². The predicted molar refractivity (Wildman–Crippen MR) is 71.9 cm³/mol. The molecule has 20 heavy (non-hydrogen) atoms. The largest absolute Gasteiger partial charge is 0.481 e. The molecule has 104 valence electrons. The minimum atomic E-state index is -1.27. The first kappa shape index (κ1) is 14.4. The molecule has 1 heterocycles. The Morgan fingerprint density at radius 2 is 1.90 bits per heavy atom. The first-order chi connectivity index (χ1) is 9.38. The SMILES string of the molecule is O=C(O)COc1cc(C(=O)O)nc2cc(Cl)cc(Cl)c12. The average molecular weight is 316 g/mol. The molecule has 2 aromatic rings. The lowest BCUT2D eigenvalue weighted by Gasteiger charge is -2.10. The Morgan fingerprint density at radius 1 is 1.20 bits per heavy atom. The van der Waals surface area contributed by atoms with Crippen LogP contribution in [0.4, 0.5) is 0 Å². The summed E-state index contributed by atoms with van der Waals surface area (Å²) in [6.07, 6.45) is 0. The number of carboxylic acid groups (broad SMARTS) is 2. The van der Waals surface area contributed by atoms with Gasteiger partial charge in [-0.1, -0.05) is 23.2 Å². The number of nitrogens with zero attached hydrogens (tertiary/aromatic N) is 1. The number of aliphatic carboxylic acids is 1. The summed E-state index contributed by atoms with van der Waals surface area (Å²) in [6.45, 7) is -0.628. The maximum absolute atomic E-state index is 11.0. The molecule has 0 saturated heterocycles. The van der Waals surface area contributed by atoms with Crippen LogP contribution in [0, 0.1) is 0 Å². The number of aromatic nitrogens is 1. The van der Waals surface area contributed by atoms with E-state index in [1.165, 1.54) is 12.1 Å². The third-order valence-corrected chi connectivity index (χ3v) is 2.88. The number of aromatic carboxylic acids is 1. The summed E-state index contributed by atoms with van der Waals surface area (Å²) in [4.78, 5) is 25.4. The molecule has 6 nitrogen and oxygen atoms in total. The lowest BCUT2D eigenvalue weighted by Crippen LogP contribution is -2.11. The molecular formula is C12H7Cl2NO5. The molecule has 2 rings (SSSR count). The van der Waals surface area contributed by atoms with Gasteiger partial charge >= 0.3 is 11.9 Å². The van der Waals surface area contributed by atoms with Gasteiger partial charge in [0.1, 0.15) is 5.75 Å². The average Bonchev–Trinajstić information content (AvgIpc) is 2.34. The van der Waals surface area contributed by atoms with Gasteiger partial charge in [-0.05, 0) is 12.1 Å². The minimum Gasteiger partial charge on any atom is -0.481 e. The topological polar surface area (TPSA) is 96.7 Å². The number of rotatable bonds is 4. The first-order valence-corrected chi connectivity index (χ1v) is 6.01. The smallest absolute Gasteiger partial charge is 0.354 e. The molecule has 0 atom stereocenters. The second-order valence-corrected chi connectivity index (χ2v) is 4.62. The van der Waals surface area contributed by atoms with Crippen molar-refractivity contribution in [2.24, 2.45) is 0 Å². The summed E-state index contributed by atoms with van der Waals surface area (Å²) in [7, 11) is 0. The molecule has 1 aromatic carbocycles. The minimum absolute atomic E-state index is 0.0245. The fourth-order valence-corrected chi connectivity index (χ4v) is 2.19. The molecule has 0 saturated carbocycles. The van der Waals surface area contributed by atoms with E-state index >= 15 is 0 Å². The Hall–Kier alpha value is -2.05. The molecule has 0 aliphatic rings. The molecule has 0 amide bonds. The fourth-order valence-electron chi connectivity index (χ4n) is 1.61. The zero-order valence-electron chi connectivity index (χ0n) is 9.76. The van der Waals surface area contributed by atoms with E-state index in [2.05, 4.69) is 4.98 Å². The number of fused-ring (bicyclic) bond motifs is 1. The van der Waals surface area contributed by atoms with Crippen LogP contribution in [0.25, 0.3) is 10.9 Å². The van der Waals surface area contributed by atoms with E-state index < -0.39 is 18.5 Å². The number of carboxylic acids is 2. The molecule has 0 fully saturated rings. The maximum atomic E-state index is 11.0. The quantitative estimate of drug-likeness (QED) is 0.900. The van der Waals surface area contributed by atoms with E-state index in [0.29, 0.717) is 5.39 Å². The molecule has 0 aliphatic carbocycles. The number of carbonyl (C=O) groups is 2. The predicted octanol–water partition coefficient (Wildman–Crippen LogP) is 2.70. The second kappa shape index (κ2) is 5.52. The van der Waals surface area contributed by atoms with E-state index in [0.717, 1.165) is 6.07 Å². The number of pyridine rings is 1. The van der Waals surface area contributed by atoms with E-state index in [9.17, 15) is 9.59 Å². The lowest BCUT2D eigenvalue weighted by molar-refractivity contribution is -0.139. The number of hydrogen-bond donors (Lipinski definition) is 2. The molecule has 2 N–H and O–H groups in total. The van der Waals surface area contributed by atoms with E-state index in [4.69, 9.17) is 38.2 Å². The van der Waals surface area contributed by atoms with Crippen LogP contribution >= 0.6 is 23.2 Å². The summed E-state index contributed by atoms with van der Waals surface area (Å²) >= 11 is 11.8. The molecule has 0 aliphatic heterocycles. The van der Waals surface area contributed by atoms with Gasteiger partial charge in [0.25, 0.3) is 0 Å². The van der Waals surface area contributed by atoms with Crippen molar-refractivity contribution in [1.82, 2.24) is 4.98 Å². The van der Waals surface area contributed by atoms with E-state index in [-0.39, 0.29) is 27.0 Å². The Labute approximate surface area is 122 Å². The Bertz CT molecular complexity index is 717. The van der Waals surface area contributed by atoms with Crippen LogP contribution in [0.1, 0.15) is 10.5 Å². The summed E-state index contributed by atoms with van der Waals surface area (Å²) < 4.78 is 5.06. The van der Waals surface area contributed by atoms with Gasteiger partial charge in [0.15, 0.2) is 12.3 Å². The molecule has 0 unspecified atom stereocenters. The molecule has 1 aromatic heterocycles. The molecule has 8 heteroatoms. The zero-order chi connectivity index (χ0) is 14.9. The van der Waals surface area contributed by atoms with Crippen molar-refractivity contribution in [1.29, 1.82) is 0 Å². The summed E-state index contributed by atoms with van der Waals surface area (Å²) in [5.74, 6) is -2.45. The van der Waals surface area contributed by atoms with Gasteiger partial charge in [0, 0.05) is 11.1 Å². The summed E-state index contributed by atoms with van der Waals surface area (Å²) in [5, 5.41) is 18.4. The van der Waals surface area contributed by atoms with Gasteiger partial charge in [-0.3, -0.25) is 0 Å². The summed E-state index contributed by atoms with van der Waals surface area (Å²) in [5.41, 5.74) is -0.0842. The standard InChI is InChI=1S/C12H7Cl2NO5/c13-5-1-6(14)11-7(2-5)15-8(12(18)19)3-9(11)20-4-10(16)17/h1-3H,4H2,(H,16,17)(H,18,19). The third-order valence-electron chi connectivity index (χ3n) is 2.36. The number of ether oxygens (including phenoxy) is 1. The van der Waals surface area contributed by atoms with Crippen LogP contribution in [0.5, 0.6) is 5.75 Å². The molecule has 0 bridgehead atoms. The van der Waals surface area contributed by atoms with Crippen molar-refractivity contribution in [3.63, 3.8) is 0 Å². The van der Waals surface area contributed by atoms with Gasteiger partial charge in [-0.2, -0.15) is 0 Å². The van der Waals surface area contributed by atoms with Crippen molar-refractivity contribution < 1.29 is 24.5 Å². The van der Waals surface area contributed by atoms with Crippen molar-refractivity contribution in [3.8, 4) is 5.75 Å². The van der Waals surface area contributed by atoms with Gasteiger partial charge < -0.3 is 14.9 Å². The first-order valence-electron chi connectivity index (χ1n) is 5.26. The molecule has 0 radical (unpaired) electrons. The Balaban J connectivity index is 2.67. The zero-order valence-corrected chi connectivity index (χ0v) is 11.3. The number of halogens is 2. The summed E-state index contributed by atoms with van der Waals surface area (Å²) in [6, 6.07) is 3.97. The van der Waals surface area contributed by atoms with Crippen molar-refractivity contribution >= 4 is 46.0 Å². The monoisotopic (exact) mass is 315 g/mol. The highest BCUT2D eigenvalue weighted by Gasteiger charge is 2.16. The molecular weight excluding hydrogens is 309 g/mol. The van der Waals surface area contributed by atoms with Crippen LogP contribution in [0.15, 0.2) is 18.2 Å². The van der Waals surface area contributed by atoms with Gasteiger partial charge in [0.05, 0.1) is 15.9 Å². The van der Waals surface area contributed by atoms with Crippen LogP contribution in [0.3, 0.4) is 0 Å². The Morgan fingerprint density at radius 3 is 2.50 bits per heavy atom. The van der Waals surface area contributed by atoms with Crippen molar-refractivity contribution in [2.75, 3.05) is 6.61 Å². The van der Waals surface area contributed by atoms with Gasteiger partial charge in [-0.25, -0.2) is 14.6 Å². The van der Waals surface area contributed by atoms with Crippen LogP contribution in [-0.2, 0) is 4.79 Å². The highest BCUT2D eigenvalue weighted by Crippen LogP contribution is 2.34. The maximum Gasteiger partial charge on any atom is 0.354 e. The number of hydrogen-bond acceptors (Lipinski definition) is 4. The van der Waals surface area contributed by atoms with Gasteiger partial charge in [-0.15, -0.1) is 0 Å². The fraction of sp³-hybridized carbons (Fsp3) is 0.0833. The van der Waals surface area contributed by atoms with Crippen LogP contribution in [-0.4, -0.2) is 33.7 Å². The van der Waals surface area contributed by atoms with Crippen LogP contribution in [0.2, 0.25) is 10.0 Å². The highest BCUT2D eigenvalue weighted by atomic mass is 35.5. The van der Waals surface area contributed by atoms with E-state index in [1.807, 2.05) is 0 Å². The van der Waals surface area contributed by atoms with Gasteiger partial charge in [0.2, 0.25) is 0 Å². The van der Waals surface area contributed by atoms with Crippen LogP contribution < -0.4 is 4.74 Å². The van der Waals surface area contributed by atoms with Crippen molar-refractivity contribution in [3.05, 3.63) is 33.9 Å². The highest BCUT2D eigenvalue weighted by molar-refractivity contribution is 6.39. The Kier molecular flexibility index (Phi) is 3.96. The normalized spacial score (nSPS) is 10.5. The lowest BCUT2D eigenvalue weighted by atomic mass is 10.1.